The van der Waals surface area contributed by atoms with Crippen molar-refractivity contribution in [3.05, 3.63) is 65.9 Å². The number of para-hydroxylation sites is 1. The molecular weight excluding hydrogens is 415 g/mol. The minimum Gasteiger partial charge on any atom is -0.444 e. The van der Waals surface area contributed by atoms with Crippen molar-refractivity contribution in [1.29, 1.82) is 0 Å². The summed E-state index contributed by atoms with van der Waals surface area (Å²) >= 11 is 0.947. The number of carbonyl (C=O) groups is 1. The van der Waals surface area contributed by atoms with Gasteiger partial charge in [-0.1, -0.05) is 35.6 Å². The van der Waals surface area contributed by atoms with Gasteiger partial charge < -0.3 is 4.74 Å². The van der Waals surface area contributed by atoms with Crippen molar-refractivity contribution >= 4 is 28.2 Å². The fourth-order valence-electron chi connectivity index (χ4n) is 2.96. The third-order valence-electron chi connectivity index (χ3n) is 4.71. The lowest BCUT2D eigenvalue weighted by Crippen LogP contribution is -2.31. The largest absolute Gasteiger partial charge is 0.444 e. The van der Waals surface area contributed by atoms with Gasteiger partial charge in [0.25, 0.3) is 0 Å². The Hall–Kier alpha value is -3.07. The maximum Gasteiger partial charge on any atom is 0.419 e. The van der Waals surface area contributed by atoms with Crippen molar-refractivity contribution in [2.75, 3.05) is 17.3 Å². The molecule has 0 unspecified atom stereocenters. The average molecular weight is 433 g/mol. The van der Waals surface area contributed by atoms with Crippen LogP contribution in [0.25, 0.3) is 0 Å². The van der Waals surface area contributed by atoms with Gasteiger partial charge in [-0.3, -0.25) is 10.2 Å². The first-order valence-corrected chi connectivity index (χ1v) is 10.1. The van der Waals surface area contributed by atoms with Crippen LogP contribution in [0.15, 0.2) is 54.7 Å². The molecule has 5 nitrogen and oxygen atoms in total. The van der Waals surface area contributed by atoms with E-state index < -0.39 is 17.8 Å². The Kier molecular flexibility index (Phi) is 5.38. The number of alkyl halides is 3. The highest BCUT2D eigenvalue weighted by Crippen LogP contribution is 2.41. The molecule has 1 aliphatic rings. The fraction of sp³-hybridized carbons (Fsp3) is 0.238. The number of benzene rings is 2. The lowest BCUT2D eigenvalue weighted by atomic mass is 10.1. The summed E-state index contributed by atoms with van der Waals surface area (Å²) < 4.78 is 44.7. The number of amides is 2. The Balaban J connectivity index is 1.43. The molecule has 1 fully saturated rings. The summed E-state index contributed by atoms with van der Waals surface area (Å²) in [7, 11) is 1.64. The average Bonchev–Trinajstić information content (AvgIpc) is 3.48. The van der Waals surface area contributed by atoms with Gasteiger partial charge >= 0.3 is 12.2 Å². The van der Waals surface area contributed by atoms with E-state index in [2.05, 4.69) is 16.4 Å². The normalized spacial score (nSPS) is 13.7. The summed E-state index contributed by atoms with van der Waals surface area (Å²) in [5.74, 6) is 0.250. The topological polar surface area (TPSA) is 54.5 Å². The van der Waals surface area contributed by atoms with E-state index in [1.54, 1.807) is 7.05 Å². The van der Waals surface area contributed by atoms with Crippen LogP contribution in [0.1, 0.15) is 29.9 Å². The standard InChI is InChI=1S/C21H18F3N3O2S/c1-27(15-6-4-5-14(11-15)13-9-10-13)20(28)26-19-25-12-18(30-19)29-17-8-3-2-7-16(17)21(22,23)24/h2-8,11-13H,9-10H2,1H3,(H,25,26,28). The minimum absolute atomic E-state index is 0.139. The summed E-state index contributed by atoms with van der Waals surface area (Å²) in [5.41, 5.74) is 1.09. The zero-order valence-corrected chi connectivity index (χ0v) is 16.8. The molecule has 0 spiro atoms. The molecule has 30 heavy (non-hydrogen) atoms. The van der Waals surface area contributed by atoms with Crippen LogP contribution in [0, 0.1) is 0 Å². The lowest BCUT2D eigenvalue weighted by Gasteiger charge is -2.18. The number of ether oxygens (including phenoxy) is 1. The number of rotatable bonds is 5. The first kappa shape index (κ1) is 20.2. The van der Waals surface area contributed by atoms with Gasteiger partial charge in [-0.15, -0.1) is 0 Å². The van der Waals surface area contributed by atoms with Crippen molar-refractivity contribution in [3.8, 4) is 10.8 Å². The predicted molar refractivity (Wildman–Crippen MR) is 109 cm³/mol. The highest BCUT2D eigenvalue weighted by Gasteiger charge is 2.34. The Labute approximate surface area is 175 Å². The number of carbonyl (C=O) groups excluding carboxylic acids is 1. The molecule has 9 heteroatoms. The molecule has 1 N–H and O–H groups in total. The van der Waals surface area contributed by atoms with Gasteiger partial charge in [0.2, 0.25) is 5.06 Å². The van der Waals surface area contributed by atoms with E-state index in [-0.39, 0.29) is 15.9 Å². The highest BCUT2D eigenvalue weighted by molar-refractivity contribution is 7.17. The number of thiazole rings is 1. The second-order valence-electron chi connectivity index (χ2n) is 6.94. The molecule has 1 aliphatic carbocycles. The van der Waals surface area contributed by atoms with E-state index in [1.807, 2.05) is 18.2 Å². The van der Waals surface area contributed by atoms with Gasteiger partial charge in [0.15, 0.2) is 5.13 Å². The van der Waals surface area contributed by atoms with Crippen molar-refractivity contribution in [1.82, 2.24) is 4.98 Å². The molecule has 0 aliphatic heterocycles. The van der Waals surface area contributed by atoms with E-state index in [9.17, 15) is 18.0 Å². The molecule has 3 aromatic rings. The van der Waals surface area contributed by atoms with Crippen molar-refractivity contribution in [3.63, 3.8) is 0 Å². The quantitative estimate of drug-likeness (QED) is 0.500. The Morgan fingerprint density at radius 2 is 1.97 bits per heavy atom. The minimum atomic E-state index is -4.53. The van der Waals surface area contributed by atoms with E-state index in [4.69, 9.17) is 4.74 Å². The Morgan fingerprint density at radius 3 is 2.70 bits per heavy atom. The molecule has 1 aromatic heterocycles. The van der Waals surface area contributed by atoms with Crippen LogP contribution in [0.5, 0.6) is 10.8 Å². The van der Waals surface area contributed by atoms with E-state index in [1.165, 1.54) is 47.7 Å². The Bertz CT molecular complexity index is 1060. The zero-order valence-electron chi connectivity index (χ0n) is 15.9. The molecule has 1 saturated carbocycles. The number of nitrogens with one attached hydrogen (secondary N) is 1. The second kappa shape index (κ2) is 7.98. The smallest absolute Gasteiger partial charge is 0.419 e. The molecule has 1 heterocycles. The molecule has 2 amide bonds. The molecular formula is C21H18F3N3O2S. The summed E-state index contributed by atoms with van der Waals surface area (Å²) in [6, 6.07) is 12.3. The summed E-state index contributed by atoms with van der Waals surface area (Å²) in [5, 5.41) is 3.01. The molecule has 2 aromatic carbocycles. The Morgan fingerprint density at radius 1 is 1.20 bits per heavy atom. The zero-order chi connectivity index (χ0) is 21.3. The summed E-state index contributed by atoms with van der Waals surface area (Å²) in [6.45, 7) is 0. The highest BCUT2D eigenvalue weighted by atomic mass is 32.1. The molecule has 0 bridgehead atoms. The number of nitrogens with zero attached hydrogens (tertiary/aromatic N) is 2. The van der Waals surface area contributed by atoms with E-state index in [0.29, 0.717) is 5.92 Å². The van der Waals surface area contributed by atoms with Gasteiger partial charge in [-0.25, -0.2) is 9.78 Å². The SMILES string of the molecule is CN(C(=O)Nc1ncc(Oc2ccccc2C(F)(F)F)s1)c1cccc(C2CC2)c1. The van der Waals surface area contributed by atoms with Crippen LogP contribution in [0.4, 0.5) is 28.8 Å². The van der Waals surface area contributed by atoms with Crippen LogP contribution in [0.3, 0.4) is 0 Å². The third-order valence-corrected chi connectivity index (χ3v) is 5.50. The summed E-state index contributed by atoms with van der Waals surface area (Å²) in [6.07, 6.45) is -0.922. The molecule has 156 valence electrons. The molecule has 4 rings (SSSR count). The number of aromatic nitrogens is 1. The lowest BCUT2D eigenvalue weighted by molar-refractivity contribution is -0.138. The van der Waals surface area contributed by atoms with Crippen LogP contribution in [0.2, 0.25) is 0 Å². The van der Waals surface area contributed by atoms with Gasteiger partial charge in [-0.2, -0.15) is 13.2 Å². The fourth-order valence-corrected chi connectivity index (χ4v) is 3.63. The maximum absolute atomic E-state index is 13.1. The number of urea groups is 1. The first-order valence-electron chi connectivity index (χ1n) is 9.26. The van der Waals surface area contributed by atoms with Gasteiger partial charge in [0, 0.05) is 12.7 Å². The number of anilines is 2. The monoisotopic (exact) mass is 433 g/mol. The first-order chi connectivity index (χ1) is 14.3. The van der Waals surface area contributed by atoms with Crippen LogP contribution >= 0.6 is 11.3 Å². The van der Waals surface area contributed by atoms with E-state index in [0.717, 1.165) is 23.1 Å². The van der Waals surface area contributed by atoms with Gasteiger partial charge in [-0.05, 0) is 48.6 Å². The third kappa shape index (κ3) is 4.56. The van der Waals surface area contributed by atoms with Gasteiger partial charge in [0.1, 0.15) is 5.75 Å². The van der Waals surface area contributed by atoms with Crippen LogP contribution in [-0.2, 0) is 6.18 Å². The number of hydrogen-bond acceptors (Lipinski definition) is 4. The molecule has 0 atom stereocenters. The summed E-state index contributed by atoms with van der Waals surface area (Å²) in [4.78, 5) is 18.0. The van der Waals surface area contributed by atoms with Crippen molar-refractivity contribution < 1.29 is 22.7 Å². The number of hydrogen-bond donors (Lipinski definition) is 1. The van der Waals surface area contributed by atoms with Crippen LogP contribution in [-0.4, -0.2) is 18.1 Å². The predicted octanol–water partition coefficient (Wildman–Crippen LogP) is 6.50. The molecule has 0 saturated heterocycles. The van der Waals surface area contributed by atoms with Crippen molar-refractivity contribution in [2.24, 2.45) is 0 Å². The van der Waals surface area contributed by atoms with Crippen LogP contribution < -0.4 is 15.0 Å². The van der Waals surface area contributed by atoms with E-state index >= 15 is 0 Å². The van der Waals surface area contributed by atoms with Crippen molar-refractivity contribution in [2.45, 2.75) is 24.9 Å². The number of halogens is 3. The molecule has 0 radical (unpaired) electrons. The maximum atomic E-state index is 13.1. The second-order valence-corrected chi connectivity index (χ2v) is 7.93. The van der Waals surface area contributed by atoms with Gasteiger partial charge in [0.05, 0.1) is 11.8 Å².